The van der Waals surface area contributed by atoms with Gasteiger partial charge < -0.3 is 10.1 Å². The molecular formula is C21H19N5OS. The van der Waals surface area contributed by atoms with Gasteiger partial charge in [0.1, 0.15) is 21.9 Å². The van der Waals surface area contributed by atoms with E-state index in [0.717, 1.165) is 51.1 Å². The van der Waals surface area contributed by atoms with Crippen LogP contribution in [0.1, 0.15) is 25.7 Å². The second-order valence-electron chi connectivity index (χ2n) is 6.80. The van der Waals surface area contributed by atoms with E-state index < -0.39 is 0 Å². The first-order chi connectivity index (χ1) is 13.8. The maximum atomic E-state index is 6.06. The maximum absolute atomic E-state index is 6.06. The molecule has 0 amide bonds. The van der Waals surface area contributed by atoms with Gasteiger partial charge in [-0.1, -0.05) is 11.3 Å². The molecule has 1 aliphatic carbocycles. The van der Waals surface area contributed by atoms with Crippen LogP contribution in [0.25, 0.3) is 21.6 Å². The molecule has 1 fully saturated rings. The Morgan fingerprint density at radius 1 is 0.964 bits per heavy atom. The van der Waals surface area contributed by atoms with Crippen molar-refractivity contribution in [2.24, 2.45) is 0 Å². The minimum absolute atomic E-state index is 0.327. The third kappa shape index (κ3) is 3.66. The third-order valence-electron chi connectivity index (χ3n) is 4.80. The number of nitrogens with one attached hydrogen (secondary N) is 1. The Balaban J connectivity index is 1.36. The molecule has 0 bridgehead atoms. The summed E-state index contributed by atoms with van der Waals surface area (Å²) in [6, 6.07) is 11.7. The van der Waals surface area contributed by atoms with Crippen LogP contribution in [-0.2, 0) is 0 Å². The molecule has 0 unspecified atom stereocenters. The van der Waals surface area contributed by atoms with E-state index in [1.54, 1.807) is 18.6 Å². The highest BCUT2D eigenvalue weighted by molar-refractivity contribution is 7.21. The number of anilines is 2. The van der Waals surface area contributed by atoms with Crippen molar-refractivity contribution in [2.45, 2.75) is 31.8 Å². The molecule has 0 radical (unpaired) electrons. The SMILES string of the molecule is c1cc(-c2ccc3nc(Nc4cc(OC5CCCC5)ccn4)sc3n2)ccn1. The van der Waals surface area contributed by atoms with Gasteiger partial charge in [0.2, 0.25) is 0 Å². The molecule has 1 saturated carbocycles. The summed E-state index contributed by atoms with van der Waals surface area (Å²) in [5.74, 6) is 1.58. The van der Waals surface area contributed by atoms with Gasteiger partial charge in [-0.3, -0.25) is 4.98 Å². The van der Waals surface area contributed by atoms with Crippen molar-refractivity contribution >= 4 is 32.6 Å². The van der Waals surface area contributed by atoms with Crippen LogP contribution in [0.5, 0.6) is 5.75 Å². The molecule has 1 aliphatic rings. The highest BCUT2D eigenvalue weighted by Gasteiger charge is 2.16. The summed E-state index contributed by atoms with van der Waals surface area (Å²) in [4.78, 5) is 18.7. The number of rotatable bonds is 5. The molecule has 0 spiro atoms. The fraction of sp³-hybridized carbons (Fsp3) is 0.238. The number of hydrogen-bond acceptors (Lipinski definition) is 7. The molecule has 0 saturated heterocycles. The molecule has 28 heavy (non-hydrogen) atoms. The Kier molecular flexibility index (Phi) is 4.58. The van der Waals surface area contributed by atoms with Gasteiger partial charge in [-0.15, -0.1) is 0 Å². The van der Waals surface area contributed by atoms with E-state index >= 15 is 0 Å². The van der Waals surface area contributed by atoms with Crippen molar-refractivity contribution in [2.75, 3.05) is 5.32 Å². The number of fused-ring (bicyclic) bond motifs is 1. The van der Waals surface area contributed by atoms with Crippen molar-refractivity contribution in [3.05, 3.63) is 55.0 Å². The van der Waals surface area contributed by atoms with Gasteiger partial charge in [0, 0.05) is 30.2 Å². The van der Waals surface area contributed by atoms with E-state index in [9.17, 15) is 0 Å². The summed E-state index contributed by atoms with van der Waals surface area (Å²) in [7, 11) is 0. The van der Waals surface area contributed by atoms with Crippen LogP contribution in [0, 0.1) is 0 Å². The van der Waals surface area contributed by atoms with Gasteiger partial charge in [-0.25, -0.2) is 15.0 Å². The van der Waals surface area contributed by atoms with Crippen LogP contribution in [0.3, 0.4) is 0 Å². The Morgan fingerprint density at radius 2 is 1.82 bits per heavy atom. The quantitative estimate of drug-likeness (QED) is 0.505. The third-order valence-corrected chi connectivity index (χ3v) is 5.68. The zero-order valence-corrected chi connectivity index (χ0v) is 16.0. The highest BCUT2D eigenvalue weighted by atomic mass is 32.1. The Bertz CT molecular complexity index is 1090. The second kappa shape index (κ2) is 7.52. The fourth-order valence-electron chi connectivity index (χ4n) is 3.42. The molecule has 4 heterocycles. The average molecular weight is 389 g/mol. The predicted octanol–water partition coefficient (Wildman–Crippen LogP) is 5.21. The molecule has 4 aromatic heterocycles. The molecule has 140 valence electrons. The molecule has 0 atom stereocenters. The summed E-state index contributed by atoms with van der Waals surface area (Å²) < 4.78 is 6.06. The highest BCUT2D eigenvalue weighted by Crippen LogP contribution is 2.30. The van der Waals surface area contributed by atoms with Gasteiger partial charge in [0.05, 0.1) is 11.8 Å². The van der Waals surface area contributed by atoms with Crippen molar-refractivity contribution in [3.8, 4) is 17.0 Å². The zero-order valence-electron chi connectivity index (χ0n) is 15.2. The van der Waals surface area contributed by atoms with E-state index in [-0.39, 0.29) is 0 Å². The fourth-order valence-corrected chi connectivity index (χ4v) is 4.26. The molecule has 7 heteroatoms. The zero-order chi connectivity index (χ0) is 18.8. The van der Waals surface area contributed by atoms with Gasteiger partial charge in [0.25, 0.3) is 0 Å². The van der Waals surface area contributed by atoms with Gasteiger partial charge >= 0.3 is 0 Å². The minimum atomic E-state index is 0.327. The van der Waals surface area contributed by atoms with Crippen molar-refractivity contribution in [1.29, 1.82) is 0 Å². The first-order valence-electron chi connectivity index (χ1n) is 9.41. The molecular weight excluding hydrogens is 370 g/mol. The average Bonchev–Trinajstić information content (AvgIpc) is 3.37. The van der Waals surface area contributed by atoms with Crippen LogP contribution in [-0.4, -0.2) is 26.0 Å². The van der Waals surface area contributed by atoms with Crippen LogP contribution in [0.2, 0.25) is 0 Å². The lowest BCUT2D eigenvalue weighted by Crippen LogP contribution is -2.11. The number of thiazole rings is 1. The normalized spacial score (nSPS) is 14.4. The van der Waals surface area contributed by atoms with Crippen molar-refractivity contribution < 1.29 is 4.74 Å². The van der Waals surface area contributed by atoms with Gasteiger partial charge in [0.15, 0.2) is 5.13 Å². The Labute approximate surface area is 166 Å². The Morgan fingerprint density at radius 3 is 2.68 bits per heavy atom. The summed E-state index contributed by atoms with van der Waals surface area (Å²) in [5.41, 5.74) is 2.82. The summed E-state index contributed by atoms with van der Waals surface area (Å²) in [6.45, 7) is 0. The maximum Gasteiger partial charge on any atom is 0.190 e. The summed E-state index contributed by atoms with van der Waals surface area (Å²) in [6.07, 6.45) is 10.4. The standard InChI is InChI=1S/C21H19N5OS/c1-2-4-15(3-1)27-16-9-12-23-19(13-16)26-21-25-18-6-5-17(24-20(18)28-21)14-7-10-22-11-8-14/h5-13,15H,1-4H2,(H,23,25,26). The summed E-state index contributed by atoms with van der Waals surface area (Å²) in [5, 5.41) is 4.05. The van der Waals surface area contributed by atoms with Crippen LogP contribution >= 0.6 is 11.3 Å². The van der Waals surface area contributed by atoms with E-state index in [2.05, 4.69) is 20.3 Å². The lowest BCUT2D eigenvalue weighted by atomic mass is 10.2. The van der Waals surface area contributed by atoms with E-state index in [1.807, 2.05) is 36.4 Å². The van der Waals surface area contributed by atoms with Gasteiger partial charge in [-0.05, 0) is 56.0 Å². The van der Waals surface area contributed by atoms with Crippen molar-refractivity contribution in [1.82, 2.24) is 19.9 Å². The summed E-state index contributed by atoms with van der Waals surface area (Å²) >= 11 is 1.51. The van der Waals surface area contributed by atoms with Crippen LogP contribution < -0.4 is 10.1 Å². The Hall–Kier alpha value is -3.06. The number of pyridine rings is 3. The minimum Gasteiger partial charge on any atom is -0.490 e. The van der Waals surface area contributed by atoms with Crippen LogP contribution in [0.4, 0.5) is 10.9 Å². The predicted molar refractivity (Wildman–Crippen MR) is 111 cm³/mol. The molecule has 1 N–H and O–H groups in total. The topological polar surface area (TPSA) is 72.8 Å². The number of hydrogen-bond donors (Lipinski definition) is 1. The first-order valence-corrected chi connectivity index (χ1v) is 10.2. The van der Waals surface area contributed by atoms with Crippen LogP contribution in [0.15, 0.2) is 55.0 Å². The molecule has 6 nitrogen and oxygen atoms in total. The largest absolute Gasteiger partial charge is 0.490 e. The first kappa shape index (κ1) is 17.1. The molecule has 5 rings (SSSR count). The number of nitrogens with zero attached hydrogens (tertiary/aromatic N) is 4. The lowest BCUT2D eigenvalue weighted by Gasteiger charge is -2.13. The number of aromatic nitrogens is 4. The van der Waals surface area contributed by atoms with Gasteiger partial charge in [-0.2, -0.15) is 0 Å². The van der Waals surface area contributed by atoms with Crippen molar-refractivity contribution in [3.63, 3.8) is 0 Å². The van der Waals surface area contributed by atoms with E-state index in [0.29, 0.717) is 6.10 Å². The molecule has 4 aromatic rings. The van der Waals surface area contributed by atoms with E-state index in [4.69, 9.17) is 9.72 Å². The molecule has 0 aliphatic heterocycles. The monoisotopic (exact) mass is 389 g/mol. The lowest BCUT2D eigenvalue weighted by molar-refractivity contribution is 0.210. The van der Waals surface area contributed by atoms with E-state index in [1.165, 1.54) is 24.2 Å². The molecule has 0 aromatic carbocycles. The number of ether oxygens (including phenoxy) is 1. The second-order valence-corrected chi connectivity index (χ2v) is 7.78. The smallest absolute Gasteiger partial charge is 0.190 e.